The number of aromatic nitrogens is 1. The van der Waals surface area contributed by atoms with Gasteiger partial charge < -0.3 is 14.4 Å². The van der Waals surface area contributed by atoms with Gasteiger partial charge in [0.25, 0.3) is 0 Å². The van der Waals surface area contributed by atoms with Crippen LogP contribution in [0.2, 0.25) is 5.02 Å². The number of carbonyl (C=O) groups is 1. The maximum atomic E-state index is 12.0. The molecule has 0 saturated carbocycles. The lowest BCUT2D eigenvalue weighted by Gasteiger charge is -2.05. The van der Waals surface area contributed by atoms with Gasteiger partial charge in [-0.3, -0.25) is 4.79 Å². The van der Waals surface area contributed by atoms with E-state index in [9.17, 15) is 9.90 Å². The molecule has 3 aromatic rings. The molecule has 1 N–H and O–H groups in total. The molecule has 1 heterocycles. The van der Waals surface area contributed by atoms with Gasteiger partial charge in [0, 0.05) is 17.0 Å². The summed E-state index contributed by atoms with van der Waals surface area (Å²) in [6, 6.07) is 12.4. The third-order valence-electron chi connectivity index (χ3n) is 3.87. The summed E-state index contributed by atoms with van der Waals surface area (Å²) in [6.07, 6.45) is 0.853. The van der Waals surface area contributed by atoms with Crippen molar-refractivity contribution in [2.45, 2.75) is 19.9 Å². The van der Waals surface area contributed by atoms with Crippen molar-refractivity contribution < 1.29 is 14.6 Å². The zero-order valence-corrected chi connectivity index (χ0v) is 16.9. The molecule has 0 radical (unpaired) electrons. The van der Waals surface area contributed by atoms with E-state index in [4.69, 9.17) is 16.3 Å². The van der Waals surface area contributed by atoms with Crippen molar-refractivity contribution in [3.8, 4) is 11.6 Å². The summed E-state index contributed by atoms with van der Waals surface area (Å²) in [6.45, 7) is 2.38. The normalized spacial score (nSPS) is 11.4. The molecule has 0 aliphatic rings. The van der Waals surface area contributed by atoms with Crippen LogP contribution >= 0.6 is 27.5 Å². The summed E-state index contributed by atoms with van der Waals surface area (Å²) in [5, 5.41) is 19.4. The Morgan fingerprint density at radius 3 is 2.81 bits per heavy atom. The Morgan fingerprint density at radius 1 is 1.30 bits per heavy atom. The van der Waals surface area contributed by atoms with Gasteiger partial charge in [0.1, 0.15) is 5.75 Å². The van der Waals surface area contributed by atoms with Crippen molar-refractivity contribution in [1.29, 1.82) is 0 Å². The summed E-state index contributed by atoms with van der Waals surface area (Å²) in [5.74, 6) is -0.0927. The molecule has 0 atom stereocenters. The number of para-hydroxylation sites is 1. The second-order valence-corrected chi connectivity index (χ2v) is 7.09. The highest BCUT2D eigenvalue weighted by atomic mass is 79.9. The first-order chi connectivity index (χ1) is 13.0. The highest BCUT2D eigenvalue weighted by molar-refractivity contribution is 9.10. The molecule has 1 amide bonds. The van der Waals surface area contributed by atoms with E-state index in [2.05, 4.69) is 26.2 Å². The zero-order chi connectivity index (χ0) is 19.4. The van der Waals surface area contributed by atoms with Crippen LogP contribution in [0.5, 0.6) is 11.6 Å². The van der Waals surface area contributed by atoms with Gasteiger partial charge in [-0.15, -0.1) is 10.2 Å². The lowest BCUT2D eigenvalue weighted by Crippen LogP contribution is -2.08. The molecular weight excluding hydrogens is 434 g/mol. The fourth-order valence-corrected chi connectivity index (χ4v) is 3.48. The Bertz CT molecular complexity index is 1020. The lowest BCUT2D eigenvalue weighted by molar-refractivity contribution is -0.120. The van der Waals surface area contributed by atoms with Crippen molar-refractivity contribution in [2.24, 2.45) is 10.2 Å². The third-order valence-corrected chi connectivity index (χ3v) is 4.73. The summed E-state index contributed by atoms with van der Waals surface area (Å²) in [4.78, 5) is 12.0. The maximum absolute atomic E-state index is 12.0. The number of nitrogens with zero attached hydrogens (tertiary/aromatic N) is 3. The van der Waals surface area contributed by atoms with Gasteiger partial charge in [-0.25, -0.2) is 0 Å². The van der Waals surface area contributed by atoms with Crippen molar-refractivity contribution in [2.75, 3.05) is 6.61 Å². The summed E-state index contributed by atoms with van der Waals surface area (Å²) < 4.78 is 7.83. The molecule has 8 heteroatoms. The van der Waals surface area contributed by atoms with Gasteiger partial charge in [0.05, 0.1) is 9.99 Å². The number of benzene rings is 2. The van der Waals surface area contributed by atoms with Crippen molar-refractivity contribution in [1.82, 2.24) is 4.57 Å². The van der Waals surface area contributed by atoms with Gasteiger partial charge in [0.15, 0.2) is 12.3 Å². The number of carbonyl (C=O) groups excluding carboxylic acids is 1. The summed E-state index contributed by atoms with van der Waals surface area (Å²) >= 11 is 9.19. The van der Waals surface area contributed by atoms with Gasteiger partial charge in [-0.2, -0.15) is 0 Å². The monoisotopic (exact) mass is 449 g/mol. The molecule has 6 nitrogen and oxygen atoms in total. The van der Waals surface area contributed by atoms with Crippen molar-refractivity contribution in [3.63, 3.8) is 0 Å². The van der Waals surface area contributed by atoms with Crippen LogP contribution in [0.1, 0.15) is 13.3 Å². The number of azo groups is 1. The number of rotatable bonds is 6. The Labute approximate surface area is 169 Å². The Morgan fingerprint density at radius 2 is 2.07 bits per heavy atom. The second kappa shape index (κ2) is 8.54. The van der Waals surface area contributed by atoms with Crippen LogP contribution in [0, 0.1) is 0 Å². The molecule has 0 bridgehead atoms. The van der Waals surface area contributed by atoms with Gasteiger partial charge >= 0.3 is 5.91 Å². The lowest BCUT2D eigenvalue weighted by atomic mass is 10.2. The molecule has 27 heavy (non-hydrogen) atoms. The second-order valence-electron chi connectivity index (χ2n) is 5.80. The van der Waals surface area contributed by atoms with E-state index >= 15 is 0 Å². The van der Waals surface area contributed by atoms with E-state index in [1.54, 1.807) is 22.8 Å². The maximum Gasteiger partial charge on any atom is 0.302 e. The van der Waals surface area contributed by atoms with Crippen molar-refractivity contribution >= 4 is 50.0 Å². The van der Waals surface area contributed by atoms with Crippen LogP contribution in [0.25, 0.3) is 10.9 Å². The van der Waals surface area contributed by atoms with Crippen LogP contribution in [0.4, 0.5) is 5.69 Å². The van der Waals surface area contributed by atoms with E-state index in [-0.39, 0.29) is 18.2 Å². The summed E-state index contributed by atoms with van der Waals surface area (Å²) in [5.41, 5.74) is 1.12. The molecule has 0 aliphatic heterocycles. The van der Waals surface area contributed by atoms with Crippen molar-refractivity contribution in [3.05, 3.63) is 52.0 Å². The van der Waals surface area contributed by atoms with Crippen LogP contribution in [-0.2, 0) is 11.3 Å². The van der Waals surface area contributed by atoms with E-state index in [0.29, 0.717) is 21.8 Å². The number of aryl methyl sites for hydroxylation is 1. The number of hydrogen-bond acceptors (Lipinski definition) is 4. The Balaban J connectivity index is 1.77. The number of fused-ring (bicyclic) bond motifs is 1. The largest absolute Gasteiger partial charge is 0.493 e. The van der Waals surface area contributed by atoms with Crippen LogP contribution in [0.15, 0.2) is 57.2 Å². The zero-order valence-electron chi connectivity index (χ0n) is 14.5. The SMILES string of the molecule is CCCn1c(O)c(N=NC(=O)COc2ccc(Cl)cc2Br)c2ccccc21. The third kappa shape index (κ3) is 4.31. The molecule has 0 spiro atoms. The van der Waals surface area contributed by atoms with E-state index < -0.39 is 5.91 Å². The summed E-state index contributed by atoms with van der Waals surface area (Å²) in [7, 11) is 0. The standard InChI is InChI=1S/C19H17BrClN3O3/c1-2-9-24-15-6-4-3-5-13(15)18(19(24)26)23-22-17(25)11-27-16-8-7-12(21)10-14(16)20/h3-8,10,26H,2,9,11H2,1H3. The van der Waals surface area contributed by atoms with Gasteiger partial charge in [-0.05, 0) is 46.6 Å². The average Bonchev–Trinajstić information content (AvgIpc) is 2.91. The molecule has 0 fully saturated rings. The highest BCUT2D eigenvalue weighted by Crippen LogP contribution is 2.38. The Hall–Kier alpha value is -2.38. The van der Waals surface area contributed by atoms with Gasteiger partial charge in [0.2, 0.25) is 5.88 Å². The molecule has 3 rings (SSSR count). The van der Waals surface area contributed by atoms with E-state index in [1.165, 1.54) is 0 Å². The molecule has 0 aliphatic carbocycles. The minimum atomic E-state index is -0.566. The van der Waals surface area contributed by atoms with E-state index in [1.807, 2.05) is 31.2 Å². The number of amides is 1. The van der Waals surface area contributed by atoms with E-state index in [0.717, 1.165) is 17.3 Å². The number of aromatic hydroxyl groups is 1. The van der Waals surface area contributed by atoms with Crippen LogP contribution < -0.4 is 4.74 Å². The molecule has 1 aromatic heterocycles. The quantitative estimate of drug-likeness (QED) is 0.478. The fraction of sp³-hybridized carbons (Fsp3) is 0.211. The fourth-order valence-electron chi connectivity index (χ4n) is 2.69. The number of ether oxygens (including phenoxy) is 1. The molecule has 140 valence electrons. The number of hydrogen-bond donors (Lipinski definition) is 1. The molecule has 0 unspecified atom stereocenters. The molecule has 0 saturated heterocycles. The smallest absolute Gasteiger partial charge is 0.302 e. The first-order valence-electron chi connectivity index (χ1n) is 8.34. The average molecular weight is 451 g/mol. The molecular formula is C19H17BrClN3O3. The number of halogens is 2. The minimum absolute atomic E-state index is 0.00374. The first kappa shape index (κ1) is 19.4. The predicted molar refractivity (Wildman–Crippen MR) is 108 cm³/mol. The minimum Gasteiger partial charge on any atom is -0.493 e. The van der Waals surface area contributed by atoms with Gasteiger partial charge in [-0.1, -0.05) is 36.7 Å². The topological polar surface area (TPSA) is 76.2 Å². The predicted octanol–water partition coefficient (Wildman–Crippen LogP) is 5.86. The first-order valence-corrected chi connectivity index (χ1v) is 9.51. The highest BCUT2D eigenvalue weighted by Gasteiger charge is 2.16. The van der Waals surface area contributed by atoms with Crippen LogP contribution in [0.3, 0.4) is 0 Å². The van der Waals surface area contributed by atoms with Crippen LogP contribution in [-0.4, -0.2) is 22.2 Å². The molecule has 2 aromatic carbocycles. The Kier molecular flexibility index (Phi) is 6.13.